The summed E-state index contributed by atoms with van der Waals surface area (Å²) in [6.07, 6.45) is -4.84. The van der Waals surface area contributed by atoms with Gasteiger partial charge >= 0.3 is 6.18 Å². The molecule has 0 amide bonds. The zero-order chi connectivity index (χ0) is 8.20. The van der Waals surface area contributed by atoms with E-state index in [0.717, 1.165) is 0 Å². The van der Waals surface area contributed by atoms with E-state index in [1.54, 1.807) is 6.07 Å². The smallest absolute Gasteiger partial charge is 0.320 e. The van der Waals surface area contributed by atoms with Gasteiger partial charge in [0.1, 0.15) is 6.04 Å². The summed E-state index contributed by atoms with van der Waals surface area (Å²) in [6, 6.07) is -0.264. The fraction of sp³-hybridized carbons (Fsp3) is 0.800. The molecular weight excluding hydrogens is 145 g/mol. The highest BCUT2D eigenvalue weighted by Crippen LogP contribution is 2.20. The van der Waals surface area contributed by atoms with Gasteiger partial charge in [-0.2, -0.15) is 18.4 Å². The molecular formula is C5H7F3N2. The fourth-order valence-corrected chi connectivity index (χ4v) is 0.384. The van der Waals surface area contributed by atoms with Gasteiger partial charge in [-0.3, -0.25) is 0 Å². The Hall–Kier alpha value is -0.760. The predicted molar refractivity (Wildman–Crippen MR) is 28.9 cm³/mol. The second kappa shape index (κ2) is 3.42. The van der Waals surface area contributed by atoms with E-state index >= 15 is 0 Å². The first-order valence-corrected chi connectivity index (χ1v) is 2.67. The molecule has 2 nitrogen and oxygen atoms in total. The second-order valence-corrected chi connectivity index (χ2v) is 1.84. The molecule has 0 spiro atoms. The van der Waals surface area contributed by atoms with Gasteiger partial charge in [0.05, 0.1) is 6.07 Å². The molecule has 1 atom stereocenters. The van der Waals surface area contributed by atoms with Crippen LogP contribution in [0.25, 0.3) is 0 Å². The van der Waals surface area contributed by atoms with Crippen molar-refractivity contribution in [2.24, 2.45) is 5.73 Å². The Morgan fingerprint density at radius 1 is 1.50 bits per heavy atom. The third kappa shape index (κ3) is 3.30. The number of halogens is 3. The van der Waals surface area contributed by atoms with Gasteiger partial charge in [0.25, 0.3) is 0 Å². The average molecular weight is 152 g/mol. The van der Waals surface area contributed by atoms with E-state index in [1.165, 1.54) is 0 Å². The lowest BCUT2D eigenvalue weighted by atomic mass is 10.2. The lowest BCUT2D eigenvalue weighted by Crippen LogP contribution is -2.36. The first kappa shape index (κ1) is 9.24. The van der Waals surface area contributed by atoms with Crippen LogP contribution in [0.1, 0.15) is 12.8 Å². The van der Waals surface area contributed by atoms with E-state index in [9.17, 15) is 13.2 Å². The molecule has 0 fully saturated rings. The van der Waals surface area contributed by atoms with Gasteiger partial charge in [-0.05, 0) is 6.42 Å². The zero-order valence-electron chi connectivity index (χ0n) is 5.15. The number of nitriles is 1. The Labute approximate surface area is 56.4 Å². The molecule has 0 aromatic rings. The molecule has 0 aromatic heterocycles. The molecule has 0 saturated carbocycles. The highest BCUT2D eigenvalue weighted by molar-refractivity contribution is 4.77. The van der Waals surface area contributed by atoms with Crippen LogP contribution in [0.5, 0.6) is 0 Å². The summed E-state index contributed by atoms with van der Waals surface area (Å²) >= 11 is 0. The number of rotatable bonds is 2. The van der Waals surface area contributed by atoms with Gasteiger partial charge in [-0.15, -0.1) is 0 Å². The maximum Gasteiger partial charge on any atom is 0.403 e. The number of nitrogens with zero attached hydrogens (tertiary/aromatic N) is 1. The van der Waals surface area contributed by atoms with E-state index in [0.29, 0.717) is 0 Å². The van der Waals surface area contributed by atoms with Crippen molar-refractivity contribution in [2.75, 3.05) is 0 Å². The predicted octanol–water partition coefficient (Wildman–Crippen LogP) is 1.18. The van der Waals surface area contributed by atoms with Gasteiger partial charge in [0.15, 0.2) is 0 Å². The number of alkyl halides is 3. The van der Waals surface area contributed by atoms with E-state index < -0.39 is 12.2 Å². The van der Waals surface area contributed by atoms with Gasteiger partial charge in [0.2, 0.25) is 0 Å². The van der Waals surface area contributed by atoms with Gasteiger partial charge in [-0.1, -0.05) is 0 Å². The van der Waals surface area contributed by atoms with Crippen LogP contribution in [0.15, 0.2) is 0 Å². The Kier molecular flexibility index (Phi) is 3.16. The van der Waals surface area contributed by atoms with Crippen molar-refractivity contribution in [1.82, 2.24) is 0 Å². The Bertz CT molecular complexity index is 135. The van der Waals surface area contributed by atoms with Crippen molar-refractivity contribution in [1.29, 1.82) is 5.26 Å². The first-order valence-electron chi connectivity index (χ1n) is 2.67. The van der Waals surface area contributed by atoms with Crippen molar-refractivity contribution in [2.45, 2.75) is 25.1 Å². The van der Waals surface area contributed by atoms with Crippen molar-refractivity contribution in [3.05, 3.63) is 0 Å². The zero-order valence-corrected chi connectivity index (χ0v) is 5.15. The van der Waals surface area contributed by atoms with Crippen LogP contribution in [0.2, 0.25) is 0 Å². The minimum absolute atomic E-state index is 0.152. The first-order chi connectivity index (χ1) is 4.48. The standard InChI is InChI=1S/C5H7F3N2/c6-5(7,8)4(10)2-1-3-9/h4H,1-2,10H2/t4-/m0/s1. The molecule has 0 radical (unpaired) electrons. The minimum atomic E-state index is -4.36. The minimum Gasteiger partial charge on any atom is -0.320 e. The molecule has 0 aliphatic carbocycles. The van der Waals surface area contributed by atoms with Crippen LogP contribution >= 0.6 is 0 Å². The van der Waals surface area contributed by atoms with E-state index in [2.05, 4.69) is 5.73 Å². The van der Waals surface area contributed by atoms with Crippen LogP contribution in [-0.2, 0) is 0 Å². The van der Waals surface area contributed by atoms with Gasteiger partial charge < -0.3 is 5.73 Å². The summed E-state index contributed by atoms with van der Waals surface area (Å²) in [7, 11) is 0. The van der Waals surface area contributed by atoms with Gasteiger partial charge in [-0.25, -0.2) is 0 Å². The second-order valence-electron chi connectivity index (χ2n) is 1.84. The summed E-state index contributed by atoms with van der Waals surface area (Å²) in [6.45, 7) is 0. The monoisotopic (exact) mass is 152 g/mol. The molecule has 58 valence electrons. The van der Waals surface area contributed by atoms with Crippen molar-refractivity contribution in [3.63, 3.8) is 0 Å². The molecule has 0 aliphatic rings. The Balaban J connectivity index is 3.65. The van der Waals surface area contributed by atoms with E-state index in [4.69, 9.17) is 5.26 Å². The highest BCUT2D eigenvalue weighted by atomic mass is 19.4. The topological polar surface area (TPSA) is 49.8 Å². The summed E-state index contributed by atoms with van der Waals surface area (Å²) in [5, 5.41) is 7.91. The molecule has 0 unspecified atom stereocenters. The molecule has 0 aromatic carbocycles. The fourth-order valence-electron chi connectivity index (χ4n) is 0.384. The maximum absolute atomic E-state index is 11.5. The maximum atomic E-state index is 11.5. The molecule has 0 heterocycles. The van der Waals surface area contributed by atoms with Crippen molar-refractivity contribution >= 4 is 0 Å². The molecule has 0 aliphatic heterocycles. The summed E-state index contributed by atoms with van der Waals surface area (Å²) < 4.78 is 34.6. The largest absolute Gasteiger partial charge is 0.403 e. The third-order valence-corrected chi connectivity index (χ3v) is 0.988. The molecule has 0 bridgehead atoms. The molecule has 2 N–H and O–H groups in total. The Morgan fingerprint density at radius 2 is 2.00 bits per heavy atom. The number of hydrogen-bond donors (Lipinski definition) is 1. The normalized spacial score (nSPS) is 14.3. The molecule has 0 saturated heterocycles. The summed E-state index contributed by atoms with van der Waals surface area (Å²) in [4.78, 5) is 0. The SMILES string of the molecule is N#CCC[C@H](N)C(F)(F)F. The average Bonchev–Trinajstić information content (AvgIpc) is 1.80. The lowest BCUT2D eigenvalue weighted by molar-refractivity contribution is -0.148. The number of hydrogen-bond acceptors (Lipinski definition) is 2. The van der Waals surface area contributed by atoms with Crippen LogP contribution in [0.3, 0.4) is 0 Å². The van der Waals surface area contributed by atoms with E-state index in [-0.39, 0.29) is 12.8 Å². The van der Waals surface area contributed by atoms with Crippen molar-refractivity contribution < 1.29 is 13.2 Å². The molecule has 0 rings (SSSR count). The Morgan fingerprint density at radius 3 is 2.30 bits per heavy atom. The highest BCUT2D eigenvalue weighted by Gasteiger charge is 2.35. The van der Waals surface area contributed by atoms with Crippen LogP contribution in [0, 0.1) is 11.3 Å². The third-order valence-electron chi connectivity index (χ3n) is 0.988. The van der Waals surface area contributed by atoms with Crippen LogP contribution < -0.4 is 5.73 Å². The van der Waals surface area contributed by atoms with Crippen molar-refractivity contribution in [3.8, 4) is 6.07 Å². The van der Waals surface area contributed by atoms with E-state index in [1.807, 2.05) is 0 Å². The van der Waals surface area contributed by atoms with Crippen LogP contribution in [0.4, 0.5) is 13.2 Å². The molecule has 10 heavy (non-hydrogen) atoms. The summed E-state index contributed by atoms with van der Waals surface area (Å²) in [5.74, 6) is 0. The lowest BCUT2D eigenvalue weighted by Gasteiger charge is -2.12. The van der Waals surface area contributed by atoms with Gasteiger partial charge in [0, 0.05) is 6.42 Å². The van der Waals surface area contributed by atoms with Crippen LogP contribution in [-0.4, -0.2) is 12.2 Å². The summed E-state index contributed by atoms with van der Waals surface area (Å²) in [5.41, 5.74) is 4.66. The quantitative estimate of drug-likeness (QED) is 0.645. The molecule has 5 heteroatoms. The number of nitrogens with two attached hydrogens (primary N) is 1.